The van der Waals surface area contributed by atoms with Crippen molar-refractivity contribution in [2.45, 2.75) is 25.7 Å². The highest BCUT2D eigenvalue weighted by atomic mass is 16.2. The highest BCUT2D eigenvalue weighted by molar-refractivity contribution is 6.37. The van der Waals surface area contributed by atoms with E-state index in [0.29, 0.717) is 42.8 Å². The van der Waals surface area contributed by atoms with Crippen LogP contribution in [0, 0.1) is 6.92 Å². The zero-order valence-corrected chi connectivity index (χ0v) is 19.8. The van der Waals surface area contributed by atoms with Crippen LogP contribution in [0.4, 0.5) is 5.82 Å². The van der Waals surface area contributed by atoms with Crippen LogP contribution in [0.3, 0.4) is 0 Å². The molecule has 0 spiro atoms. The van der Waals surface area contributed by atoms with Crippen LogP contribution < -0.4 is 5.73 Å². The van der Waals surface area contributed by atoms with Crippen molar-refractivity contribution in [1.29, 1.82) is 0 Å². The minimum atomic E-state index is -0.725. The van der Waals surface area contributed by atoms with E-state index in [-0.39, 0.29) is 17.5 Å². The number of pyridine rings is 1. The number of ketones is 2. The fourth-order valence-corrected chi connectivity index (χ4v) is 4.76. The van der Waals surface area contributed by atoms with Gasteiger partial charge in [0.05, 0.1) is 30.1 Å². The molecule has 0 bridgehead atoms. The van der Waals surface area contributed by atoms with Gasteiger partial charge in [0.15, 0.2) is 11.4 Å². The Labute approximate surface area is 208 Å². The first-order valence-corrected chi connectivity index (χ1v) is 11.7. The molecule has 4 heterocycles. The number of nitrogens with two attached hydrogens (primary N) is 1. The molecular formula is C27H25N6O3+. The van der Waals surface area contributed by atoms with E-state index in [2.05, 4.69) is 17.0 Å². The second-order valence-electron chi connectivity index (χ2n) is 8.89. The summed E-state index contributed by atoms with van der Waals surface area (Å²) in [5.41, 5.74) is 11.4. The summed E-state index contributed by atoms with van der Waals surface area (Å²) >= 11 is 0. The van der Waals surface area contributed by atoms with Crippen LogP contribution in [-0.2, 0) is 9.59 Å². The number of benzene rings is 1. The number of carbonyl (C=O) groups is 3. The predicted octanol–water partition coefficient (Wildman–Crippen LogP) is 3.35. The number of carbonyl (C=O) groups excluding carboxylic acids is 3. The van der Waals surface area contributed by atoms with E-state index < -0.39 is 11.7 Å². The quantitative estimate of drug-likeness (QED) is 0.263. The van der Waals surface area contributed by atoms with Crippen molar-refractivity contribution in [2.24, 2.45) is 0 Å². The molecule has 1 aliphatic rings. The van der Waals surface area contributed by atoms with Gasteiger partial charge in [-0.25, -0.2) is 9.78 Å². The second-order valence-corrected chi connectivity index (χ2v) is 8.89. The first-order chi connectivity index (χ1) is 17.3. The van der Waals surface area contributed by atoms with Crippen molar-refractivity contribution < 1.29 is 14.4 Å². The summed E-state index contributed by atoms with van der Waals surface area (Å²) in [6, 6.07) is 13.8. The highest BCUT2D eigenvalue weighted by Crippen LogP contribution is 2.35. The molecule has 180 valence electrons. The van der Waals surface area contributed by atoms with Crippen molar-refractivity contribution in [1.82, 2.24) is 24.5 Å². The molecular weight excluding hydrogens is 456 g/mol. The molecule has 3 aromatic heterocycles. The molecule has 2 N–H and O–H groups in total. The smallest absolute Gasteiger partial charge is 0.383 e. The number of nitrogen functional groups attached to an aromatic ring is 1. The molecule has 0 aliphatic carbocycles. The minimum absolute atomic E-state index is 0.0958. The second kappa shape index (κ2) is 9.26. The maximum atomic E-state index is 12.6. The lowest BCUT2D eigenvalue weighted by atomic mass is 9.89. The molecule has 1 aromatic carbocycles. The highest BCUT2D eigenvalue weighted by Gasteiger charge is 2.34. The number of piperidine rings is 1. The number of rotatable bonds is 5. The number of amides is 1. The number of nitrogens with zero attached hydrogens (tertiary/aromatic N) is 5. The predicted molar refractivity (Wildman–Crippen MR) is 135 cm³/mol. The fourth-order valence-electron chi connectivity index (χ4n) is 4.76. The van der Waals surface area contributed by atoms with Gasteiger partial charge in [0, 0.05) is 41.9 Å². The van der Waals surface area contributed by atoms with Crippen molar-refractivity contribution in [3.63, 3.8) is 0 Å². The normalized spacial score (nSPS) is 14.2. The largest absolute Gasteiger partial charge is 0.437 e. The summed E-state index contributed by atoms with van der Waals surface area (Å²) in [6.07, 6.45) is 4.56. The minimum Gasteiger partial charge on any atom is -0.383 e. The van der Waals surface area contributed by atoms with E-state index in [9.17, 15) is 14.4 Å². The maximum absolute atomic E-state index is 12.6. The number of hydrogen-bond acceptors (Lipinski definition) is 7. The van der Waals surface area contributed by atoms with Crippen LogP contribution in [0.15, 0.2) is 54.9 Å². The number of likely N-dealkylation sites (tertiary alicyclic amines) is 1. The van der Waals surface area contributed by atoms with E-state index in [4.69, 9.17) is 10.7 Å². The molecule has 0 atom stereocenters. The molecule has 0 unspecified atom stereocenters. The Morgan fingerprint density at radius 3 is 2.33 bits per heavy atom. The lowest BCUT2D eigenvalue weighted by molar-refractivity contribution is -0.143. The molecule has 0 radical (unpaired) electrons. The van der Waals surface area contributed by atoms with Gasteiger partial charge in [0.2, 0.25) is 0 Å². The van der Waals surface area contributed by atoms with E-state index in [1.54, 1.807) is 12.4 Å². The summed E-state index contributed by atoms with van der Waals surface area (Å²) in [5, 5.41) is 4.41. The van der Waals surface area contributed by atoms with Gasteiger partial charge < -0.3 is 5.73 Å². The zero-order valence-electron chi connectivity index (χ0n) is 19.8. The summed E-state index contributed by atoms with van der Waals surface area (Å²) in [4.78, 5) is 47.0. The lowest BCUT2D eigenvalue weighted by Gasteiger charge is -2.29. The average molecular weight is 482 g/mol. The van der Waals surface area contributed by atoms with Gasteiger partial charge in [0.25, 0.3) is 0 Å². The van der Waals surface area contributed by atoms with Crippen LogP contribution in [-0.4, -0.2) is 55.0 Å². The monoisotopic (exact) mass is 481 g/mol. The van der Waals surface area contributed by atoms with Crippen LogP contribution in [0.25, 0.3) is 28.0 Å². The molecule has 1 saturated heterocycles. The lowest BCUT2D eigenvalue weighted by Crippen LogP contribution is -2.41. The Morgan fingerprint density at radius 2 is 1.72 bits per heavy atom. The third-order valence-electron chi connectivity index (χ3n) is 6.61. The van der Waals surface area contributed by atoms with Gasteiger partial charge in [-0.1, -0.05) is 36.4 Å². The molecule has 1 fully saturated rings. The fraction of sp³-hybridized carbons (Fsp3) is 0.222. The molecule has 5 rings (SSSR count). The molecule has 4 aromatic rings. The van der Waals surface area contributed by atoms with E-state index in [1.807, 2.05) is 42.5 Å². The van der Waals surface area contributed by atoms with Crippen LogP contribution in [0.2, 0.25) is 0 Å². The third kappa shape index (κ3) is 4.08. The van der Waals surface area contributed by atoms with Gasteiger partial charge in [-0.15, -0.1) is 4.79 Å². The maximum Gasteiger partial charge on any atom is 0.437 e. The van der Waals surface area contributed by atoms with Gasteiger partial charge in [0.1, 0.15) is 5.82 Å². The Morgan fingerprint density at radius 1 is 1.00 bits per heavy atom. The van der Waals surface area contributed by atoms with E-state index >= 15 is 0 Å². The van der Waals surface area contributed by atoms with Crippen LogP contribution in [0.5, 0.6) is 0 Å². The Balaban J connectivity index is 1.53. The number of fused-ring (bicyclic) bond motifs is 1. The average Bonchev–Trinajstić information content (AvgIpc) is 3.33. The molecule has 36 heavy (non-hydrogen) atoms. The van der Waals surface area contributed by atoms with Crippen molar-refractivity contribution in [3.05, 3.63) is 73.0 Å². The van der Waals surface area contributed by atoms with Crippen molar-refractivity contribution >= 4 is 28.9 Å². The standard InChI is InChI=1S/C27H24N6O3/c1-16(34)23-24(19-10-12-32(13-11-19)27(36)17(2)35)31-26-21(15-30-33(26)25(23)28)20-8-9-22(29-14-20)18-6-4-3-5-7-18/h3-9,14-15,19H,2,10-13H2,1H3,(H-,28,30,31,34)/p+1. The van der Waals surface area contributed by atoms with E-state index in [1.165, 1.54) is 16.3 Å². The molecule has 1 aliphatic heterocycles. The van der Waals surface area contributed by atoms with Gasteiger partial charge in [-0.2, -0.15) is 9.61 Å². The SMILES string of the molecule is [CH2+]C(=O)C(=O)N1CCC(c2nc3c(-c4ccc(-c5ccccc5)nc4)cnn3c(N)c2C(C)=O)CC1. The van der Waals surface area contributed by atoms with Crippen molar-refractivity contribution in [2.75, 3.05) is 18.8 Å². The Kier molecular flexibility index (Phi) is 5.97. The van der Waals surface area contributed by atoms with Crippen LogP contribution >= 0.6 is 0 Å². The topological polar surface area (TPSA) is 124 Å². The summed E-state index contributed by atoms with van der Waals surface area (Å²) < 4.78 is 1.49. The first-order valence-electron chi connectivity index (χ1n) is 11.7. The first kappa shape index (κ1) is 23.2. The summed E-state index contributed by atoms with van der Waals surface area (Å²) in [5.74, 6) is -1.38. The number of anilines is 1. The summed E-state index contributed by atoms with van der Waals surface area (Å²) in [6.45, 7) is 5.43. The molecule has 9 heteroatoms. The molecule has 0 saturated carbocycles. The number of aromatic nitrogens is 4. The molecule has 1 amide bonds. The van der Waals surface area contributed by atoms with E-state index in [0.717, 1.165) is 22.4 Å². The number of hydrogen-bond donors (Lipinski definition) is 1. The van der Waals surface area contributed by atoms with Gasteiger partial charge >= 0.3 is 11.7 Å². The third-order valence-corrected chi connectivity index (χ3v) is 6.61. The Bertz CT molecular complexity index is 1470. The number of Topliss-reactive ketones (excluding diaryl/α,β-unsaturated/α-hetero) is 2. The van der Waals surface area contributed by atoms with Crippen molar-refractivity contribution in [3.8, 4) is 22.4 Å². The van der Waals surface area contributed by atoms with Crippen LogP contribution in [0.1, 0.15) is 41.7 Å². The molecule has 9 nitrogen and oxygen atoms in total. The van der Waals surface area contributed by atoms with Gasteiger partial charge in [-0.05, 0) is 25.8 Å². The zero-order chi connectivity index (χ0) is 25.4. The summed E-state index contributed by atoms with van der Waals surface area (Å²) in [7, 11) is 0. The Hall–Kier alpha value is -4.53. The van der Waals surface area contributed by atoms with Gasteiger partial charge in [-0.3, -0.25) is 14.7 Å².